The lowest BCUT2D eigenvalue weighted by molar-refractivity contribution is -0.115. The fourth-order valence-corrected chi connectivity index (χ4v) is 2.21. The highest BCUT2D eigenvalue weighted by Gasteiger charge is 2.12. The second-order valence-electron chi connectivity index (χ2n) is 5.21. The summed E-state index contributed by atoms with van der Waals surface area (Å²) in [6, 6.07) is 15.2. The van der Waals surface area contributed by atoms with Gasteiger partial charge in [0.2, 0.25) is 17.7 Å². The van der Waals surface area contributed by atoms with Crippen LogP contribution in [0.25, 0.3) is 22.9 Å². The molecule has 1 amide bonds. The molecule has 0 saturated heterocycles. The Morgan fingerprint density at radius 3 is 2.43 bits per heavy atom. The lowest BCUT2D eigenvalue weighted by atomic mass is 10.1. The van der Waals surface area contributed by atoms with Gasteiger partial charge in [-0.25, -0.2) is 0 Å². The number of anilines is 1. The molecular weight excluding hydrogens is 290 g/mol. The fraction of sp³-hybridized carbons (Fsp3) is 0.167. The molecule has 0 aliphatic heterocycles. The number of nitrogens with zero attached hydrogens (tertiary/aromatic N) is 2. The van der Waals surface area contributed by atoms with Crippen LogP contribution in [0.3, 0.4) is 0 Å². The summed E-state index contributed by atoms with van der Waals surface area (Å²) in [5.41, 5.74) is 3.57. The molecule has 0 bridgehead atoms. The van der Waals surface area contributed by atoms with E-state index in [0.29, 0.717) is 18.2 Å². The van der Waals surface area contributed by atoms with Gasteiger partial charge in [0.15, 0.2) is 0 Å². The molecule has 23 heavy (non-hydrogen) atoms. The normalized spacial score (nSPS) is 10.5. The zero-order chi connectivity index (χ0) is 16.2. The van der Waals surface area contributed by atoms with Gasteiger partial charge in [-0.1, -0.05) is 25.1 Å². The van der Waals surface area contributed by atoms with E-state index in [4.69, 9.17) is 4.42 Å². The molecule has 0 atom stereocenters. The van der Waals surface area contributed by atoms with Crippen LogP contribution >= 0.6 is 0 Å². The predicted molar refractivity (Wildman–Crippen MR) is 88.8 cm³/mol. The zero-order valence-corrected chi connectivity index (χ0v) is 13.0. The van der Waals surface area contributed by atoms with Crippen LogP contribution in [0.1, 0.15) is 18.9 Å². The zero-order valence-electron chi connectivity index (χ0n) is 13.0. The monoisotopic (exact) mass is 307 g/mol. The highest BCUT2D eigenvalue weighted by atomic mass is 16.4. The minimum Gasteiger partial charge on any atom is -0.416 e. The number of aryl methyl sites for hydroxylation is 1. The van der Waals surface area contributed by atoms with E-state index >= 15 is 0 Å². The maximum Gasteiger partial charge on any atom is 0.248 e. The number of hydrogen-bond acceptors (Lipinski definition) is 4. The molecule has 0 spiro atoms. The molecule has 116 valence electrons. The smallest absolute Gasteiger partial charge is 0.248 e. The molecule has 1 N–H and O–H groups in total. The number of aromatic nitrogens is 2. The standard InChI is InChI=1S/C18H17N3O2/c1-3-16(22)19-14-10-8-13(9-11-14)17-20-21-18(23-17)15-7-5-4-6-12(15)2/h4-11H,3H2,1-2H3,(H,19,22). The Kier molecular flexibility index (Phi) is 4.19. The Labute approximate surface area is 134 Å². The average molecular weight is 307 g/mol. The largest absolute Gasteiger partial charge is 0.416 e. The van der Waals surface area contributed by atoms with Gasteiger partial charge in [0, 0.05) is 23.2 Å². The van der Waals surface area contributed by atoms with Gasteiger partial charge >= 0.3 is 0 Å². The van der Waals surface area contributed by atoms with Crippen LogP contribution in [0.15, 0.2) is 52.9 Å². The van der Waals surface area contributed by atoms with Crippen molar-refractivity contribution in [3.8, 4) is 22.9 Å². The van der Waals surface area contributed by atoms with E-state index in [1.807, 2.05) is 62.4 Å². The summed E-state index contributed by atoms with van der Waals surface area (Å²) in [6.45, 7) is 3.82. The van der Waals surface area contributed by atoms with Gasteiger partial charge in [0.05, 0.1) is 0 Å². The van der Waals surface area contributed by atoms with Crippen molar-refractivity contribution in [2.45, 2.75) is 20.3 Å². The molecule has 0 fully saturated rings. The summed E-state index contributed by atoms with van der Waals surface area (Å²) < 4.78 is 5.77. The van der Waals surface area contributed by atoms with Gasteiger partial charge in [-0.3, -0.25) is 4.79 Å². The van der Waals surface area contributed by atoms with E-state index in [1.165, 1.54) is 0 Å². The highest BCUT2D eigenvalue weighted by Crippen LogP contribution is 2.26. The van der Waals surface area contributed by atoms with Crippen molar-refractivity contribution in [3.05, 3.63) is 54.1 Å². The first-order valence-corrected chi connectivity index (χ1v) is 7.47. The van der Waals surface area contributed by atoms with Crippen LogP contribution in [0.4, 0.5) is 5.69 Å². The molecular formula is C18H17N3O2. The molecule has 3 rings (SSSR count). The maximum absolute atomic E-state index is 11.4. The van der Waals surface area contributed by atoms with E-state index in [1.54, 1.807) is 0 Å². The Balaban J connectivity index is 1.83. The van der Waals surface area contributed by atoms with Crippen LogP contribution in [0, 0.1) is 6.92 Å². The van der Waals surface area contributed by atoms with E-state index in [2.05, 4.69) is 15.5 Å². The number of nitrogens with one attached hydrogen (secondary N) is 1. The summed E-state index contributed by atoms with van der Waals surface area (Å²) in [5.74, 6) is 0.940. The molecule has 1 heterocycles. The van der Waals surface area contributed by atoms with Crippen molar-refractivity contribution in [1.82, 2.24) is 10.2 Å². The summed E-state index contributed by atoms with van der Waals surface area (Å²) in [5, 5.41) is 11.0. The van der Waals surface area contributed by atoms with E-state index in [0.717, 1.165) is 22.4 Å². The molecule has 0 saturated carbocycles. The maximum atomic E-state index is 11.4. The number of benzene rings is 2. The molecule has 1 aromatic heterocycles. The van der Waals surface area contributed by atoms with Gasteiger partial charge in [-0.15, -0.1) is 10.2 Å². The summed E-state index contributed by atoms with van der Waals surface area (Å²) in [4.78, 5) is 11.4. The van der Waals surface area contributed by atoms with E-state index in [9.17, 15) is 4.79 Å². The first-order valence-electron chi connectivity index (χ1n) is 7.47. The number of hydrogen-bond donors (Lipinski definition) is 1. The summed E-state index contributed by atoms with van der Waals surface area (Å²) in [7, 11) is 0. The molecule has 0 aliphatic rings. The van der Waals surface area contributed by atoms with Crippen LogP contribution in [-0.2, 0) is 4.79 Å². The second kappa shape index (κ2) is 6.44. The minimum atomic E-state index is -0.0163. The SMILES string of the molecule is CCC(=O)Nc1ccc(-c2nnc(-c3ccccc3C)o2)cc1. The van der Waals surface area contributed by atoms with Gasteiger partial charge in [-0.05, 0) is 42.8 Å². The van der Waals surface area contributed by atoms with Crippen LogP contribution < -0.4 is 5.32 Å². The number of carbonyl (C=O) groups is 1. The fourth-order valence-electron chi connectivity index (χ4n) is 2.21. The number of rotatable bonds is 4. The lowest BCUT2D eigenvalue weighted by Crippen LogP contribution is -2.08. The predicted octanol–water partition coefficient (Wildman–Crippen LogP) is 4.06. The van der Waals surface area contributed by atoms with Gasteiger partial charge < -0.3 is 9.73 Å². The van der Waals surface area contributed by atoms with Gasteiger partial charge in [0.1, 0.15) is 0 Å². The third-order valence-corrected chi connectivity index (χ3v) is 3.54. The summed E-state index contributed by atoms with van der Waals surface area (Å²) >= 11 is 0. The number of amides is 1. The second-order valence-corrected chi connectivity index (χ2v) is 5.21. The van der Waals surface area contributed by atoms with Crippen LogP contribution in [-0.4, -0.2) is 16.1 Å². The van der Waals surface area contributed by atoms with Crippen LogP contribution in [0.5, 0.6) is 0 Å². The van der Waals surface area contributed by atoms with Crippen LogP contribution in [0.2, 0.25) is 0 Å². The van der Waals surface area contributed by atoms with Crippen molar-refractivity contribution in [2.75, 3.05) is 5.32 Å². The van der Waals surface area contributed by atoms with Crippen molar-refractivity contribution >= 4 is 11.6 Å². The molecule has 2 aromatic carbocycles. The molecule has 5 heteroatoms. The van der Waals surface area contributed by atoms with E-state index < -0.39 is 0 Å². The van der Waals surface area contributed by atoms with Crippen molar-refractivity contribution in [1.29, 1.82) is 0 Å². The molecule has 0 unspecified atom stereocenters. The van der Waals surface area contributed by atoms with Gasteiger partial charge in [0.25, 0.3) is 0 Å². The Morgan fingerprint density at radius 1 is 1.04 bits per heavy atom. The van der Waals surface area contributed by atoms with Crippen molar-refractivity contribution in [3.63, 3.8) is 0 Å². The molecule has 3 aromatic rings. The quantitative estimate of drug-likeness (QED) is 0.789. The highest BCUT2D eigenvalue weighted by molar-refractivity contribution is 5.90. The summed E-state index contributed by atoms with van der Waals surface area (Å²) in [6.07, 6.45) is 0.450. The van der Waals surface area contributed by atoms with E-state index in [-0.39, 0.29) is 5.91 Å². The Hall–Kier alpha value is -2.95. The lowest BCUT2D eigenvalue weighted by Gasteiger charge is -2.03. The van der Waals surface area contributed by atoms with Gasteiger partial charge in [-0.2, -0.15) is 0 Å². The molecule has 0 aliphatic carbocycles. The third kappa shape index (κ3) is 3.29. The van der Waals surface area contributed by atoms with Crippen molar-refractivity contribution in [2.24, 2.45) is 0 Å². The Morgan fingerprint density at radius 2 is 1.74 bits per heavy atom. The van der Waals surface area contributed by atoms with Crippen molar-refractivity contribution < 1.29 is 9.21 Å². The Bertz CT molecular complexity index is 822. The first-order chi connectivity index (χ1) is 11.2. The first kappa shape index (κ1) is 15.0. The third-order valence-electron chi connectivity index (χ3n) is 3.54. The topological polar surface area (TPSA) is 68.0 Å². The number of carbonyl (C=O) groups excluding carboxylic acids is 1. The minimum absolute atomic E-state index is 0.0163. The average Bonchev–Trinajstić information content (AvgIpc) is 3.05. The molecule has 0 radical (unpaired) electrons. The molecule has 5 nitrogen and oxygen atoms in total.